The molecule has 5 heteroatoms. The van der Waals surface area contributed by atoms with Crippen LogP contribution in [0.1, 0.15) is 18.4 Å². The Hall–Kier alpha value is -2.04. The maximum atomic E-state index is 12.5. The van der Waals surface area contributed by atoms with Gasteiger partial charge in [0.1, 0.15) is 17.9 Å². The van der Waals surface area contributed by atoms with Gasteiger partial charge in [0.25, 0.3) is 0 Å². The first kappa shape index (κ1) is 12.7. The first-order chi connectivity index (χ1) is 10.2. The largest absolute Gasteiger partial charge is 0.488 e. The zero-order valence-electron chi connectivity index (χ0n) is 11.8. The number of amides is 2. The Morgan fingerprint density at radius 3 is 2.95 bits per heavy atom. The second-order valence-electron chi connectivity index (χ2n) is 6.02. The number of rotatable bonds is 2. The van der Waals surface area contributed by atoms with Crippen molar-refractivity contribution in [1.29, 1.82) is 0 Å². The Balaban J connectivity index is 1.46. The predicted octanol–water partition coefficient (Wildman–Crippen LogP) is 0.823. The zero-order chi connectivity index (χ0) is 14.4. The van der Waals surface area contributed by atoms with Crippen LogP contribution in [0.15, 0.2) is 24.3 Å². The van der Waals surface area contributed by atoms with Gasteiger partial charge in [-0.2, -0.15) is 0 Å². The van der Waals surface area contributed by atoms with E-state index in [1.807, 2.05) is 18.2 Å². The van der Waals surface area contributed by atoms with E-state index in [1.54, 1.807) is 9.80 Å². The van der Waals surface area contributed by atoms with Crippen LogP contribution in [0.5, 0.6) is 5.75 Å². The summed E-state index contributed by atoms with van der Waals surface area (Å²) >= 11 is 0. The number of ether oxygens (including phenoxy) is 1. The Morgan fingerprint density at radius 1 is 1.24 bits per heavy atom. The van der Waals surface area contributed by atoms with Gasteiger partial charge in [-0.1, -0.05) is 18.2 Å². The van der Waals surface area contributed by atoms with Gasteiger partial charge in [-0.3, -0.25) is 9.59 Å². The summed E-state index contributed by atoms with van der Waals surface area (Å²) in [6, 6.07) is 7.73. The van der Waals surface area contributed by atoms with Crippen molar-refractivity contribution in [3.05, 3.63) is 29.8 Å². The molecule has 2 atom stereocenters. The quantitative estimate of drug-likeness (QED) is 0.809. The molecule has 0 N–H and O–H groups in total. The number of hydrogen-bond donors (Lipinski definition) is 0. The third-order valence-corrected chi connectivity index (χ3v) is 4.63. The summed E-state index contributed by atoms with van der Waals surface area (Å²) in [5.74, 6) is 1.07. The van der Waals surface area contributed by atoms with Gasteiger partial charge in [0, 0.05) is 13.0 Å². The highest BCUT2D eigenvalue weighted by Gasteiger charge is 2.42. The third kappa shape index (κ3) is 2.07. The number of hydrogen-bond acceptors (Lipinski definition) is 3. The van der Waals surface area contributed by atoms with Crippen LogP contribution >= 0.6 is 0 Å². The SMILES string of the molecule is O=C1C2CCCN2C(=O)CN1CC1Cc2ccccc2O1. The highest BCUT2D eigenvalue weighted by atomic mass is 16.5. The van der Waals surface area contributed by atoms with E-state index in [4.69, 9.17) is 4.74 Å². The monoisotopic (exact) mass is 286 g/mol. The molecule has 3 aliphatic rings. The highest BCUT2D eigenvalue weighted by Crippen LogP contribution is 2.30. The standard InChI is InChI=1S/C16H18N2O3/c19-15-10-17(16(20)13-5-3-7-18(13)15)9-12-8-11-4-1-2-6-14(11)21-12/h1-2,4,6,12-13H,3,5,7-10H2. The fourth-order valence-corrected chi connectivity index (χ4v) is 3.62. The van der Waals surface area contributed by atoms with Crippen molar-refractivity contribution in [2.45, 2.75) is 31.4 Å². The van der Waals surface area contributed by atoms with Crippen LogP contribution in [0.2, 0.25) is 0 Å². The topological polar surface area (TPSA) is 49.9 Å². The van der Waals surface area contributed by atoms with E-state index in [9.17, 15) is 9.59 Å². The lowest BCUT2D eigenvalue weighted by molar-refractivity contribution is -0.154. The lowest BCUT2D eigenvalue weighted by Gasteiger charge is -2.37. The molecule has 5 nitrogen and oxygen atoms in total. The maximum Gasteiger partial charge on any atom is 0.245 e. The summed E-state index contributed by atoms with van der Waals surface area (Å²) in [5, 5.41) is 0. The van der Waals surface area contributed by atoms with E-state index in [2.05, 4.69) is 6.07 Å². The number of piperazine rings is 1. The molecule has 2 saturated heterocycles. The van der Waals surface area contributed by atoms with E-state index in [0.717, 1.165) is 31.6 Å². The zero-order valence-corrected chi connectivity index (χ0v) is 11.8. The molecule has 2 amide bonds. The minimum absolute atomic E-state index is 0.0351. The Labute approximate surface area is 123 Å². The van der Waals surface area contributed by atoms with Crippen molar-refractivity contribution in [3.8, 4) is 5.75 Å². The molecule has 2 fully saturated rings. The average molecular weight is 286 g/mol. The molecule has 21 heavy (non-hydrogen) atoms. The van der Waals surface area contributed by atoms with Crippen LogP contribution in [0.4, 0.5) is 0 Å². The first-order valence-corrected chi connectivity index (χ1v) is 7.55. The summed E-state index contributed by atoms with van der Waals surface area (Å²) in [5.41, 5.74) is 1.18. The molecule has 110 valence electrons. The molecule has 3 heterocycles. The van der Waals surface area contributed by atoms with E-state index < -0.39 is 0 Å². The van der Waals surface area contributed by atoms with Gasteiger partial charge in [0.2, 0.25) is 11.8 Å². The lowest BCUT2D eigenvalue weighted by atomic mass is 10.1. The van der Waals surface area contributed by atoms with Crippen LogP contribution < -0.4 is 4.74 Å². The molecule has 3 aliphatic heterocycles. The van der Waals surface area contributed by atoms with Gasteiger partial charge in [-0.25, -0.2) is 0 Å². The molecule has 2 unspecified atom stereocenters. The van der Waals surface area contributed by atoms with Crippen LogP contribution in [0, 0.1) is 0 Å². The maximum absolute atomic E-state index is 12.5. The number of fused-ring (bicyclic) bond motifs is 2. The molecule has 0 spiro atoms. The van der Waals surface area contributed by atoms with Crippen LogP contribution in [0.25, 0.3) is 0 Å². The van der Waals surface area contributed by atoms with Crippen molar-refractivity contribution >= 4 is 11.8 Å². The summed E-state index contributed by atoms with van der Waals surface area (Å²) in [7, 11) is 0. The van der Waals surface area contributed by atoms with Crippen molar-refractivity contribution < 1.29 is 14.3 Å². The van der Waals surface area contributed by atoms with E-state index in [1.165, 1.54) is 5.56 Å². The van der Waals surface area contributed by atoms with Crippen molar-refractivity contribution in [2.24, 2.45) is 0 Å². The number of carbonyl (C=O) groups excluding carboxylic acids is 2. The van der Waals surface area contributed by atoms with Crippen molar-refractivity contribution in [2.75, 3.05) is 19.6 Å². The minimum Gasteiger partial charge on any atom is -0.488 e. The molecular weight excluding hydrogens is 268 g/mol. The predicted molar refractivity (Wildman–Crippen MR) is 75.9 cm³/mol. The van der Waals surface area contributed by atoms with Gasteiger partial charge >= 0.3 is 0 Å². The minimum atomic E-state index is -0.227. The summed E-state index contributed by atoms with van der Waals surface area (Å²) in [6.45, 7) is 1.43. The molecule has 0 aromatic heterocycles. The molecule has 0 saturated carbocycles. The summed E-state index contributed by atoms with van der Waals surface area (Å²) < 4.78 is 5.89. The van der Waals surface area contributed by atoms with E-state index in [0.29, 0.717) is 6.54 Å². The summed E-state index contributed by atoms with van der Waals surface area (Å²) in [6.07, 6.45) is 2.50. The second kappa shape index (κ2) is 4.76. The number of benzene rings is 1. The molecule has 0 bridgehead atoms. The van der Waals surface area contributed by atoms with Gasteiger partial charge in [0.15, 0.2) is 0 Å². The van der Waals surface area contributed by atoms with Gasteiger partial charge in [0.05, 0.1) is 13.1 Å². The van der Waals surface area contributed by atoms with Crippen LogP contribution in [-0.2, 0) is 16.0 Å². The van der Waals surface area contributed by atoms with Crippen molar-refractivity contribution in [1.82, 2.24) is 9.80 Å². The Morgan fingerprint density at radius 2 is 2.10 bits per heavy atom. The Kier molecular flexibility index (Phi) is 2.87. The molecule has 4 rings (SSSR count). The van der Waals surface area contributed by atoms with Gasteiger partial charge < -0.3 is 14.5 Å². The van der Waals surface area contributed by atoms with E-state index >= 15 is 0 Å². The second-order valence-corrected chi connectivity index (χ2v) is 6.02. The fourth-order valence-electron chi connectivity index (χ4n) is 3.62. The first-order valence-electron chi connectivity index (χ1n) is 7.55. The molecule has 1 aromatic rings. The molecule has 1 aromatic carbocycles. The highest BCUT2D eigenvalue weighted by molar-refractivity contribution is 5.95. The summed E-state index contributed by atoms with van der Waals surface area (Å²) in [4.78, 5) is 28.0. The number of nitrogens with zero attached hydrogens (tertiary/aromatic N) is 2. The number of para-hydroxylation sites is 1. The van der Waals surface area contributed by atoms with Gasteiger partial charge in [-0.15, -0.1) is 0 Å². The van der Waals surface area contributed by atoms with Gasteiger partial charge in [-0.05, 0) is 24.5 Å². The molecule has 0 aliphatic carbocycles. The number of carbonyl (C=O) groups is 2. The van der Waals surface area contributed by atoms with E-state index in [-0.39, 0.29) is 30.5 Å². The lowest BCUT2D eigenvalue weighted by Crippen LogP contribution is -2.58. The van der Waals surface area contributed by atoms with Crippen LogP contribution in [-0.4, -0.2) is 53.4 Å². The Bertz CT molecular complexity index is 576. The van der Waals surface area contributed by atoms with Crippen molar-refractivity contribution in [3.63, 3.8) is 0 Å². The third-order valence-electron chi connectivity index (χ3n) is 4.63. The smallest absolute Gasteiger partial charge is 0.245 e. The normalized spacial score (nSPS) is 27.6. The average Bonchev–Trinajstić information content (AvgIpc) is 3.10. The fraction of sp³-hybridized carbons (Fsp3) is 0.500. The molecular formula is C16H18N2O3. The molecule has 0 radical (unpaired) electrons. The van der Waals surface area contributed by atoms with Crippen LogP contribution in [0.3, 0.4) is 0 Å².